The molecule has 0 atom stereocenters. The number of esters is 1. The summed E-state index contributed by atoms with van der Waals surface area (Å²) in [5.74, 6) is 0.277. The fourth-order valence-corrected chi connectivity index (χ4v) is 2.25. The van der Waals surface area contributed by atoms with Gasteiger partial charge in [0.1, 0.15) is 5.15 Å². The number of hydrogen-bond acceptors (Lipinski definition) is 3. The van der Waals surface area contributed by atoms with Crippen LogP contribution in [0, 0.1) is 5.92 Å². The average Bonchev–Trinajstić information content (AvgIpc) is 2.42. The monoisotopic (exact) mass is 291 g/mol. The van der Waals surface area contributed by atoms with Crippen molar-refractivity contribution in [1.82, 2.24) is 4.98 Å². The highest BCUT2D eigenvalue weighted by atomic mass is 35.5. The maximum atomic E-state index is 12.1. The molecule has 1 heterocycles. The van der Waals surface area contributed by atoms with Crippen molar-refractivity contribution in [3.05, 3.63) is 41.0 Å². The van der Waals surface area contributed by atoms with Crippen molar-refractivity contribution in [3.8, 4) is 0 Å². The summed E-state index contributed by atoms with van der Waals surface area (Å²) in [5, 5.41) is 1.07. The molecule has 0 aliphatic heterocycles. The molecule has 1 aromatic heterocycles. The molecule has 3 nitrogen and oxygen atoms in total. The van der Waals surface area contributed by atoms with Gasteiger partial charge in [0.15, 0.2) is 0 Å². The summed E-state index contributed by atoms with van der Waals surface area (Å²) >= 11 is 5.95. The molecule has 1 aromatic carbocycles. The van der Waals surface area contributed by atoms with Crippen molar-refractivity contribution in [2.75, 3.05) is 6.61 Å². The van der Waals surface area contributed by atoms with E-state index in [4.69, 9.17) is 16.3 Å². The van der Waals surface area contributed by atoms with Crippen LogP contribution >= 0.6 is 11.6 Å². The Balaban J connectivity index is 2.13. The normalized spacial score (nSPS) is 11.0. The lowest BCUT2D eigenvalue weighted by Gasteiger charge is -2.08. The Kier molecular flexibility index (Phi) is 4.96. The van der Waals surface area contributed by atoms with E-state index in [1.807, 2.05) is 24.3 Å². The molecular weight excluding hydrogens is 274 g/mol. The predicted octanol–water partition coefficient (Wildman–Crippen LogP) is 4.48. The largest absolute Gasteiger partial charge is 0.462 e. The van der Waals surface area contributed by atoms with Gasteiger partial charge < -0.3 is 4.74 Å². The third kappa shape index (κ3) is 3.70. The van der Waals surface area contributed by atoms with Crippen molar-refractivity contribution in [1.29, 1.82) is 0 Å². The zero-order valence-corrected chi connectivity index (χ0v) is 12.5. The number of nitrogens with zero attached hydrogens (tertiary/aromatic N) is 1. The Bertz CT molecular complexity index is 610. The van der Waals surface area contributed by atoms with Gasteiger partial charge in [0.05, 0.1) is 17.7 Å². The quantitative estimate of drug-likeness (QED) is 0.463. The van der Waals surface area contributed by atoms with Crippen LogP contribution in [0.15, 0.2) is 30.3 Å². The minimum atomic E-state index is -0.339. The van der Waals surface area contributed by atoms with Gasteiger partial charge in [-0.1, -0.05) is 43.6 Å². The fourth-order valence-electron chi connectivity index (χ4n) is 2.05. The number of rotatable bonds is 5. The van der Waals surface area contributed by atoms with Crippen molar-refractivity contribution in [3.63, 3.8) is 0 Å². The molecule has 0 amide bonds. The molecule has 0 N–H and O–H groups in total. The average molecular weight is 292 g/mol. The van der Waals surface area contributed by atoms with E-state index in [0.717, 1.165) is 18.2 Å². The van der Waals surface area contributed by atoms with Crippen molar-refractivity contribution >= 4 is 28.5 Å². The molecule has 106 valence electrons. The van der Waals surface area contributed by atoms with E-state index in [2.05, 4.69) is 18.8 Å². The molecule has 2 aromatic rings. The maximum absolute atomic E-state index is 12.1. The number of pyridine rings is 1. The molecule has 0 saturated carbocycles. The van der Waals surface area contributed by atoms with Gasteiger partial charge in [-0.2, -0.15) is 0 Å². The van der Waals surface area contributed by atoms with Crippen LogP contribution in [0.4, 0.5) is 0 Å². The molecular formula is C16H18ClNO2. The first kappa shape index (κ1) is 14.8. The van der Waals surface area contributed by atoms with E-state index >= 15 is 0 Å². The van der Waals surface area contributed by atoms with Crippen LogP contribution < -0.4 is 0 Å². The van der Waals surface area contributed by atoms with Gasteiger partial charge in [0, 0.05) is 5.39 Å². The number of carbonyl (C=O) groups is 1. The smallest absolute Gasteiger partial charge is 0.338 e. The molecule has 0 radical (unpaired) electrons. The first-order chi connectivity index (χ1) is 9.58. The van der Waals surface area contributed by atoms with Crippen LogP contribution in [-0.2, 0) is 4.74 Å². The Labute approximate surface area is 123 Å². The van der Waals surface area contributed by atoms with E-state index in [1.54, 1.807) is 6.07 Å². The number of ether oxygens (including phenoxy) is 1. The standard InChI is InChI=1S/C16H18ClNO2/c1-11(2)6-5-9-20-16(19)13-10-15(17)18-14-8-4-3-7-12(13)14/h3-4,7-8,10-11H,5-6,9H2,1-2H3. The van der Waals surface area contributed by atoms with Gasteiger partial charge >= 0.3 is 5.97 Å². The van der Waals surface area contributed by atoms with E-state index < -0.39 is 0 Å². The second-order valence-electron chi connectivity index (χ2n) is 5.18. The lowest BCUT2D eigenvalue weighted by atomic mass is 10.1. The van der Waals surface area contributed by atoms with Gasteiger partial charge in [0.25, 0.3) is 0 Å². The SMILES string of the molecule is CC(C)CCCOC(=O)c1cc(Cl)nc2ccccc12. The molecule has 0 unspecified atom stereocenters. The van der Waals surface area contributed by atoms with Gasteiger partial charge in [0.2, 0.25) is 0 Å². The highest BCUT2D eigenvalue weighted by molar-refractivity contribution is 6.30. The third-order valence-corrected chi connectivity index (χ3v) is 3.26. The van der Waals surface area contributed by atoms with Gasteiger partial charge in [-0.05, 0) is 30.9 Å². The summed E-state index contributed by atoms with van der Waals surface area (Å²) in [6.45, 7) is 4.74. The molecule has 0 aliphatic carbocycles. The summed E-state index contributed by atoms with van der Waals surface area (Å²) in [4.78, 5) is 16.3. The highest BCUT2D eigenvalue weighted by Gasteiger charge is 2.13. The Morgan fingerprint density at radius 3 is 2.85 bits per heavy atom. The van der Waals surface area contributed by atoms with Crippen LogP contribution in [0.1, 0.15) is 37.0 Å². The maximum Gasteiger partial charge on any atom is 0.338 e. The van der Waals surface area contributed by atoms with Crippen LogP contribution in [0.5, 0.6) is 0 Å². The Morgan fingerprint density at radius 1 is 1.35 bits per heavy atom. The zero-order valence-electron chi connectivity index (χ0n) is 11.7. The number of carbonyl (C=O) groups excluding carboxylic acids is 1. The Hall–Kier alpha value is -1.61. The minimum Gasteiger partial charge on any atom is -0.462 e. The molecule has 20 heavy (non-hydrogen) atoms. The highest BCUT2D eigenvalue weighted by Crippen LogP contribution is 2.21. The van der Waals surface area contributed by atoms with Crippen LogP contribution in [0.25, 0.3) is 10.9 Å². The number of benzene rings is 1. The summed E-state index contributed by atoms with van der Waals surface area (Å²) in [5.41, 5.74) is 1.18. The number of para-hydroxylation sites is 1. The summed E-state index contributed by atoms with van der Waals surface area (Å²) in [6.07, 6.45) is 1.92. The van der Waals surface area contributed by atoms with E-state index in [1.165, 1.54) is 0 Å². The van der Waals surface area contributed by atoms with Crippen molar-refractivity contribution in [2.45, 2.75) is 26.7 Å². The van der Waals surface area contributed by atoms with Gasteiger partial charge in [-0.3, -0.25) is 0 Å². The van der Waals surface area contributed by atoms with Gasteiger partial charge in [-0.25, -0.2) is 9.78 Å². The van der Waals surface area contributed by atoms with E-state index in [-0.39, 0.29) is 5.97 Å². The molecule has 0 aliphatic rings. The van der Waals surface area contributed by atoms with Gasteiger partial charge in [-0.15, -0.1) is 0 Å². The van der Waals surface area contributed by atoms with Crippen LogP contribution in [-0.4, -0.2) is 17.6 Å². The number of hydrogen-bond donors (Lipinski definition) is 0. The lowest BCUT2D eigenvalue weighted by Crippen LogP contribution is -2.08. The van der Waals surface area contributed by atoms with E-state index in [9.17, 15) is 4.79 Å². The molecule has 0 spiro atoms. The predicted molar refractivity (Wildman–Crippen MR) is 81.1 cm³/mol. The summed E-state index contributed by atoms with van der Waals surface area (Å²) < 4.78 is 5.32. The summed E-state index contributed by atoms with van der Waals surface area (Å²) in [7, 11) is 0. The topological polar surface area (TPSA) is 39.2 Å². The second-order valence-corrected chi connectivity index (χ2v) is 5.57. The first-order valence-electron chi connectivity index (χ1n) is 6.80. The van der Waals surface area contributed by atoms with Crippen molar-refractivity contribution in [2.24, 2.45) is 5.92 Å². The number of fused-ring (bicyclic) bond motifs is 1. The fraction of sp³-hybridized carbons (Fsp3) is 0.375. The van der Waals surface area contributed by atoms with E-state index in [0.29, 0.717) is 28.8 Å². The summed E-state index contributed by atoms with van der Waals surface area (Å²) in [6, 6.07) is 8.98. The molecule has 4 heteroatoms. The third-order valence-electron chi connectivity index (χ3n) is 3.06. The molecule has 0 saturated heterocycles. The minimum absolute atomic E-state index is 0.304. The lowest BCUT2D eigenvalue weighted by molar-refractivity contribution is 0.0497. The number of aromatic nitrogens is 1. The molecule has 2 rings (SSSR count). The zero-order chi connectivity index (χ0) is 14.5. The van der Waals surface area contributed by atoms with Crippen molar-refractivity contribution < 1.29 is 9.53 Å². The second kappa shape index (κ2) is 6.71. The number of halogens is 1. The van der Waals surface area contributed by atoms with Crippen LogP contribution in [0.3, 0.4) is 0 Å². The van der Waals surface area contributed by atoms with Crippen LogP contribution in [0.2, 0.25) is 5.15 Å². The molecule has 0 bridgehead atoms. The first-order valence-corrected chi connectivity index (χ1v) is 7.18. The molecule has 0 fully saturated rings. The Morgan fingerprint density at radius 2 is 2.10 bits per heavy atom.